The van der Waals surface area contributed by atoms with E-state index in [0.29, 0.717) is 5.75 Å². The summed E-state index contributed by atoms with van der Waals surface area (Å²) in [5.74, 6) is -0.772. The van der Waals surface area contributed by atoms with Gasteiger partial charge in [-0.3, -0.25) is 10.0 Å². The summed E-state index contributed by atoms with van der Waals surface area (Å²) in [6, 6.07) is 10.4. The molecular formula is C20H23FN2O6S. The smallest absolute Gasteiger partial charge is 0.264 e. The standard InChI is InChI=1S/C20H23FN2O6S/c1-20(2)13-23(18(12-29-20)19(24)22-25)30(26,27)17-9-7-16(8-10-17)28-11-14-3-5-15(21)6-4-14/h3-10,18,25H,11-13H2,1-2H3,(H,22,24)/t18-/m1/s1. The van der Waals surface area contributed by atoms with Gasteiger partial charge in [0.1, 0.15) is 24.2 Å². The Morgan fingerprint density at radius 3 is 2.47 bits per heavy atom. The second kappa shape index (κ2) is 8.68. The average Bonchev–Trinajstić information content (AvgIpc) is 2.72. The number of hydroxylamine groups is 1. The summed E-state index contributed by atoms with van der Waals surface area (Å²) < 4.78 is 51.5. The van der Waals surface area contributed by atoms with Gasteiger partial charge in [-0.2, -0.15) is 4.31 Å². The topological polar surface area (TPSA) is 105 Å². The molecule has 0 saturated carbocycles. The zero-order valence-corrected chi connectivity index (χ0v) is 17.4. The molecule has 0 bridgehead atoms. The van der Waals surface area contributed by atoms with Crippen LogP contribution in [0.2, 0.25) is 0 Å². The van der Waals surface area contributed by atoms with Crippen molar-refractivity contribution in [2.75, 3.05) is 13.2 Å². The maximum Gasteiger partial charge on any atom is 0.264 e. The third kappa shape index (κ3) is 4.96. The Kier molecular flexibility index (Phi) is 6.41. The molecule has 30 heavy (non-hydrogen) atoms. The first-order valence-corrected chi connectivity index (χ1v) is 10.6. The van der Waals surface area contributed by atoms with Crippen LogP contribution in [0.3, 0.4) is 0 Å². The number of morpholine rings is 1. The Morgan fingerprint density at radius 1 is 1.23 bits per heavy atom. The van der Waals surface area contributed by atoms with Gasteiger partial charge in [-0.05, 0) is 55.8 Å². The van der Waals surface area contributed by atoms with E-state index in [1.807, 2.05) is 0 Å². The fraction of sp³-hybridized carbons (Fsp3) is 0.350. The van der Waals surface area contributed by atoms with E-state index in [2.05, 4.69) is 0 Å². The van der Waals surface area contributed by atoms with Gasteiger partial charge in [-0.25, -0.2) is 18.3 Å². The van der Waals surface area contributed by atoms with Crippen LogP contribution in [0.5, 0.6) is 5.75 Å². The van der Waals surface area contributed by atoms with Crippen LogP contribution >= 0.6 is 0 Å². The summed E-state index contributed by atoms with van der Waals surface area (Å²) in [4.78, 5) is 11.9. The third-order valence-corrected chi connectivity index (χ3v) is 6.55. The maximum absolute atomic E-state index is 13.2. The van der Waals surface area contributed by atoms with E-state index < -0.39 is 27.6 Å². The number of halogens is 1. The third-order valence-electron chi connectivity index (χ3n) is 4.68. The molecule has 0 aliphatic carbocycles. The number of hydrogen-bond donors (Lipinski definition) is 2. The first-order valence-electron chi connectivity index (χ1n) is 9.19. The van der Waals surface area contributed by atoms with E-state index in [4.69, 9.17) is 14.7 Å². The SMILES string of the molecule is CC1(C)CN(S(=O)(=O)c2ccc(OCc3ccc(F)cc3)cc2)[C@@H](C(=O)NO)CO1. The lowest BCUT2D eigenvalue weighted by Crippen LogP contribution is -2.60. The Labute approximate surface area is 174 Å². The molecule has 0 unspecified atom stereocenters. The van der Waals surface area contributed by atoms with Crippen molar-refractivity contribution >= 4 is 15.9 Å². The Bertz CT molecular complexity index is 993. The van der Waals surface area contributed by atoms with Crippen LogP contribution in [0.25, 0.3) is 0 Å². The summed E-state index contributed by atoms with van der Waals surface area (Å²) in [5, 5.41) is 8.96. The molecule has 2 aromatic carbocycles. The van der Waals surface area contributed by atoms with Gasteiger partial charge < -0.3 is 9.47 Å². The van der Waals surface area contributed by atoms with Gasteiger partial charge in [0, 0.05) is 6.54 Å². The molecular weight excluding hydrogens is 415 g/mol. The van der Waals surface area contributed by atoms with Crippen LogP contribution in [0.4, 0.5) is 4.39 Å². The minimum Gasteiger partial charge on any atom is -0.489 e. The van der Waals surface area contributed by atoms with Gasteiger partial charge in [0.05, 0.1) is 17.1 Å². The lowest BCUT2D eigenvalue weighted by atomic mass is 10.1. The van der Waals surface area contributed by atoms with Gasteiger partial charge >= 0.3 is 0 Å². The molecule has 8 nitrogen and oxygen atoms in total. The van der Waals surface area contributed by atoms with Crippen molar-refractivity contribution in [1.29, 1.82) is 0 Å². The molecule has 162 valence electrons. The summed E-state index contributed by atoms with van der Waals surface area (Å²) in [7, 11) is -4.04. The highest BCUT2D eigenvalue weighted by molar-refractivity contribution is 7.89. The van der Waals surface area contributed by atoms with Gasteiger partial charge in [-0.1, -0.05) is 12.1 Å². The van der Waals surface area contributed by atoms with E-state index in [0.717, 1.165) is 9.87 Å². The predicted octanol–water partition coefficient (Wildman–Crippen LogP) is 2.08. The number of amides is 1. The van der Waals surface area contributed by atoms with Crippen molar-refractivity contribution in [3.63, 3.8) is 0 Å². The molecule has 1 aliphatic heterocycles. The van der Waals surface area contributed by atoms with Gasteiger partial charge in [0.15, 0.2) is 0 Å². The molecule has 2 N–H and O–H groups in total. The van der Waals surface area contributed by atoms with Crippen molar-refractivity contribution in [2.45, 2.75) is 37.0 Å². The summed E-state index contributed by atoms with van der Waals surface area (Å²) in [6.07, 6.45) is 0. The van der Waals surface area contributed by atoms with Crippen LogP contribution in [-0.4, -0.2) is 48.6 Å². The first kappa shape index (κ1) is 22.2. The number of hydrogen-bond acceptors (Lipinski definition) is 6. The Balaban J connectivity index is 1.77. The fourth-order valence-electron chi connectivity index (χ4n) is 3.04. The fourth-order valence-corrected chi connectivity index (χ4v) is 4.77. The van der Waals surface area contributed by atoms with Crippen molar-refractivity contribution in [1.82, 2.24) is 9.79 Å². The van der Waals surface area contributed by atoms with Crippen LogP contribution in [-0.2, 0) is 26.2 Å². The number of rotatable bonds is 6. The molecule has 0 aromatic heterocycles. The number of benzene rings is 2. The van der Waals surface area contributed by atoms with E-state index in [9.17, 15) is 17.6 Å². The van der Waals surface area contributed by atoms with Gasteiger partial charge in [-0.15, -0.1) is 0 Å². The molecule has 0 radical (unpaired) electrons. The van der Waals surface area contributed by atoms with E-state index in [1.54, 1.807) is 26.0 Å². The molecule has 1 fully saturated rings. The van der Waals surface area contributed by atoms with Gasteiger partial charge in [0.25, 0.3) is 5.91 Å². The van der Waals surface area contributed by atoms with Crippen molar-refractivity contribution in [3.05, 3.63) is 59.9 Å². The summed E-state index contributed by atoms with van der Waals surface area (Å²) in [6.45, 7) is 3.39. The van der Waals surface area contributed by atoms with E-state index >= 15 is 0 Å². The number of carbonyl (C=O) groups is 1. The number of carbonyl (C=O) groups excluding carboxylic acids is 1. The van der Waals surface area contributed by atoms with Crippen molar-refractivity contribution in [2.24, 2.45) is 0 Å². The van der Waals surface area contributed by atoms with Gasteiger partial charge in [0.2, 0.25) is 10.0 Å². The Morgan fingerprint density at radius 2 is 1.87 bits per heavy atom. The normalized spacial score (nSPS) is 19.3. The van der Waals surface area contributed by atoms with Crippen LogP contribution in [0.1, 0.15) is 19.4 Å². The minimum absolute atomic E-state index is 0.0231. The molecule has 10 heteroatoms. The highest BCUT2D eigenvalue weighted by Crippen LogP contribution is 2.28. The average molecular weight is 438 g/mol. The lowest BCUT2D eigenvalue weighted by molar-refractivity contribution is -0.146. The summed E-state index contributed by atoms with van der Waals surface area (Å²) in [5.41, 5.74) is 1.46. The lowest BCUT2D eigenvalue weighted by Gasteiger charge is -2.41. The maximum atomic E-state index is 13.2. The second-order valence-electron chi connectivity index (χ2n) is 7.50. The first-order chi connectivity index (χ1) is 14.1. The quantitative estimate of drug-likeness (QED) is 0.529. The molecule has 2 aromatic rings. The number of nitrogens with zero attached hydrogens (tertiary/aromatic N) is 1. The van der Waals surface area contributed by atoms with Crippen LogP contribution < -0.4 is 10.2 Å². The van der Waals surface area contributed by atoms with Crippen molar-refractivity contribution in [3.8, 4) is 5.75 Å². The van der Waals surface area contributed by atoms with Crippen LogP contribution in [0.15, 0.2) is 53.4 Å². The van der Waals surface area contributed by atoms with Crippen molar-refractivity contribution < 1.29 is 32.3 Å². The molecule has 0 spiro atoms. The molecule has 1 atom stereocenters. The summed E-state index contributed by atoms with van der Waals surface area (Å²) >= 11 is 0. The predicted molar refractivity (Wildman–Crippen MR) is 105 cm³/mol. The highest BCUT2D eigenvalue weighted by atomic mass is 32.2. The number of ether oxygens (including phenoxy) is 2. The van der Waals surface area contributed by atoms with E-state index in [-0.39, 0.29) is 30.5 Å². The monoisotopic (exact) mass is 438 g/mol. The molecule has 1 heterocycles. The number of nitrogens with one attached hydrogen (secondary N) is 1. The zero-order valence-electron chi connectivity index (χ0n) is 16.5. The zero-order chi connectivity index (χ0) is 21.9. The number of sulfonamides is 1. The van der Waals surface area contributed by atoms with E-state index in [1.165, 1.54) is 41.9 Å². The molecule has 3 rings (SSSR count). The second-order valence-corrected chi connectivity index (χ2v) is 9.39. The minimum atomic E-state index is -4.04. The molecule has 1 saturated heterocycles. The highest BCUT2D eigenvalue weighted by Gasteiger charge is 2.44. The molecule has 1 amide bonds. The largest absolute Gasteiger partial charge is 0.489 e. The van der Waals surface area contributed by atoms with Crippen LogP contribution in [0, 0.1) is 5.82 Å². The Hall–Kier alpha value is -2.53. The molecule has 1 aliphatic rings.